The highest BCUT2D eigenvalue weighted by molar-refractivity contribution is 5.06. The van der Waals surface area contributed by atoms with Crippen LogP contribution in [0.15, 0.2) is 0 Å². The van der Waals surface area contributed by atoms with E-state index >= 15 is 0 Å². The van der Waals surface area contributed by atoms with Gasteiger partial charge in [0, 0.05) is 24.7 Å². The van der Waals surface area contributed by atoms with Gasteiger partial charge in [-0.25, -0.2) is 0 Å². The summed E-state index contributed by atoms with van der Waals surface area (Å²) in [6, 6.07) is 0.853. The van der Waals surface area contributed by atoms with Crippen molar-refractivity contribution in [2.45, 2.75) is 64.5 Å². The smallest absolute Gasteiger partial charge is 0.0360 e. The highest BCUT2D eigenvalue weighted by atomic mass is 15.3. The van der Waals surface area contributed by atoms with Crippen molar-refractivity contribution < 1.29 is 0 Å². The molecule has 2 saturated carbocycles. The lowest BCUT2D eigenvalue weighted by Gasteiger charge is -2.45. The minimum absolute atomic E-state index is 0.339. The monoisotopic (exact) mass is 224 g/mol. The summed E-state index contributed by atoms with van der Waals surface area (Å²) in [5.41, 5.74) is 6.50. The molecule has 0 aromatic rings. The van der Waals surface area contributed by atoms with Crippen molar-refractivity contribution >= 4 is 0 Å². The second kappa shape index (κ2) is 4.66. The molecule has 0 heterocycles. The Morgan fingerprint density at radius 1 is 1.25 bits per heavy atom. The first-order valence-electron chi connectivity index (χ1n) is 7.11. The van der Waals surface area contributed by atoms with Crippen LogP contribution in [0.1, 0.15) is 52.9 Å². The van der Waals surface area contributed by atoms with Crippen molar-refractivity contribution in [1.82, 2.24) is 4.90 Å². The van der Waals surface area contributed by atoms with E-state index in [4.69, 9.17) is 5.73 Å². The van der Waals surface area contributed by atoms with Gasteiger partial charge in [0.05, 0.1) is 0 Å². The molecule has 2 N–H and O–H groups in total. The summed E-state index contributed by atoms with van der Waals surface area (Å²) in [7, 11) is 0. The number of rotatable bonds is 7. The minimum Gasteiger partial charge on any atom is -0.329 e. The summed E-state index contributed by atoms with van der Waals surface area (Å²) in [5.74, 6) is 1.65. The molecule has 16 heavy (non-hydrogen) atoms. The van der Waals surface area contributed by atoms with Crippen molar-refractivity contribution in [3.63, 3.8) is 0 Å². The van der Waals surface area contributed by atoms with Crippen LogP contribution in [0.3, 0.4) is 0 Å². The van der Waals surface area contributed by atoms with Gasteiger partial charge >= 0.3 is 0 Å². The maximum Gasteiger partial charge on any atom is 0.0360 e. The fourth-order valence-corrected chi connectivity index (χ4v) is 3.25. The van der Waals surface area contributed by atoms with Gasteiger partial charge in [-0.15, -0.1) is 0 Å². The number of nitrogens with two attached hydrogens (primary N) is 1. The third-order valence-corrected chi connectivity index (χ3v) is 4.42. The van der Waals surface area contributed by atoms with Gasteiger partial charge in [-0.05, 0) is 43.9 Å². The van der Waals surface area contributed by atoms with E-state index in [1.54, 1.807) is 0 Å². The molecular weight excluding hydrogens is 196 g/mol. The summed E-state index contributed by atoms with van der Waals surface area (Å²) in [5, 5.41) is 0. The summed E-state index contributed by atoms with van der Waals surface area (Å²) in [4.78, 5) is 2.79. The SMILES string of the molecule is CCC(CN)(C1CC1)N(CC(C)C)C1CC1. The second-order valence-electron chi connectivity index (χ2n) is 6.21. The average molecular weight is 224 g/mol. The largest absolute Gasteiger partial charge is 0.329 e. The molecular formula is C14H28N2. The van der Waals surface area contributed by atoms with Crippen molar-refractivity contribution in [3.05, 3.63) is 0 Å². The summed E-state index contributed by atoms with van der Waals surface area (Å²) in [6.07, 6.45) is 6.86. The zero-order valence-corrected chi connectivity index (χ0v) is 11.2. The Bertz CT molecular complexity index is 225. The van der Waals surface area contributed by atoms with E-state index in [1.807, 2.05) is 0 Å². The zero-order valence-electron chi connectivity index (χ0n) is 11.2. The Kier molecular flexibility index (Phi) is 3.60. The van der Waals surface area contributed by atoms with Gasteiger partial charge in [0.25, 0.3) is 0 Å². The van der Waals surface area contributed by atoms with Gasteiger partial charge in [-0.1, -0.05) is 20.8 Å². The standard InChI is InChI=1S/C14H28N2/c1-4-14(10-15,12-5-6-12)16(9-11(2)3)13-7-8-13/h11-13H,4-10,15H2,1-3H3. The molecule has 0 aromatic carbocycles. The van der Waals surface area contributed by atoms with Gasteiger partial charge in [0.2, 0.25) is 0 Å². The van der Waals surface area contributed by atoms with Gasteiger partial charge in [0.1, 0.15) is 0 Å². The molecule has 0 aliphatic heterocycles. The molecule has 2 heteroatoms. The lowest BCUT2D eigenvalue weighted by atomic mass is 9.86. The van der Waals surface area contributed by atoms with E-state index in [9.17, 15) is 0 Å². The first-order chi connectivity index (χ1) is 7.64. The predicted molar refractivity (Wildman–Crippen MR) is 69.4 cm³/mol. The lowest BCUT2D eigenvalue weighted by molar-refractivity contribution is 0.0483. The molecule has 0 saturated heterocycles. The Hall–Kier alpha value is -0.0800. The second-order valence-corrected chi connectivity index (χ2v) is 6.21. The van der Waals surface area contributed by atoms with Crippen LogP contribution in [0, 0.1) is 11.8 Å². The molecule has 2 rings (SSSR count). The first kappa shape index (κ1) is 12.4. The van der Waals surface area contributed by atoms with Crippen LogP contribution >= 0.6 is 0 Å². The van der Waals surface area contributed by atoms with Crippen LogP contribution in [-0.4, -0.2) is 29.6 Å². The predicted octanol–water partition coefficient (Wildman–Crippen LogP) is 2.62. The number of hydrogen-bond acceptors (Lipinski definition) is 2. The summed E-state index contributed by atoms with van der Waals surface area (Å²) >= 11 is 0. The van der Waals surface area contributed by atoms with Gasteiger partial charge < -0.3 is 5.73 Å². The fraction of sp³-hybridized carbons (Fsp3) is 1.00. The third kappa shape index (κ3) is 2.28. The van der Waals surface area contributed by atoms with Crippen molar-refractivity contribution in [1.29, 1.82) is 0 Å². The zero-order chi connectivity index (χ0) is 11.8. The highest BCUT2D eigenvalue weighted by Crippen LogP contribution is 2.48. The molecule has 94 valence electrons. The van der Waals surface area contributed by atoms with Gasteiger partial charge in [0.15, 0.2) is 0 Å². The van der Waals surface area contributed by atoms with Gasteiger partial charge in [-0.2, -0.15) is 0 Å². The van der Waals surface area contributed by atoms with Crippen molar-refractivity contribution in [3.8, 4) is 0 Å². The van der Waals surface area contributed by atoms with E-state index in [2.05, 4.69) is 25.7 Å². The van der Waals surface area contributed by atoms with Crippen LogP contribution in [0.25, 0.3) is 0 Å². The summed E-state index contributed by atoms with van der Waals surface area (Å²) < 4.78 is 0. The molecule has 0 aromatic heterocycles. The Morgan fingerprint density at radius 2 is 1.88 bits per heavy atom. The molecule has 2 aliphatic carbocycles. The van der Waals surface area contributed by atoms with E-state index in [0.717, 1.165) is 24.4 Å². The van der Waals surface area contributed by atoms with Crippen LogP contribution in [0.4, 0.5) is 0 Å². The normalized spacial score (nSPS) is 25.1. The molecule has 2 nitrogen and oxygen atoms in total. The molecule has 1 unspecified atom stereocenters. The van der Waals surface area contributed by atoms with Crippen LogP contribution in [0.2, 0.25) is 0 Å². The molecule has 0 bridgehead atoms. The third-order valence-electron chi connectivity index (χ3n) is 4.42. The Labute approximate surface area is 101 Å². The topological polar surface area (TPSA) is 29.3 Å². The van der Waals surface area contributed by atoms with Crippen molar-refractivity contribution in [2.24, 2.45) is 17.6 Å². The Morgan fingerprint density at radius 3 is 2.19 bits per heavy atom. The van der Waals surface area contributed by atoms with E-state index in [0.29, 0.717) is 5.54 Å². The molecule has 1 atom stereocenters. The van der Waals surface area contributed by atoms with Crippen molar-refractivity contribution in [2.75, 3.05) is 13.1 Å². The highest BCUT2D eigenvalue weighted by Gasteiger charge is 2.50. The summed E-state index contributed by atoms with van der Waals surface area (Å²) in [6.45, 7) is 9.10. The molecule has 0 radical (unpaired) electrons. The fourth-order valence-electron chi connectivity index (χ4n) is 3.25. The molecule has 0 spiro atoms. The molecule has 2 fully saturated rings. The number of nitrogens with zero attached hydrogens (tertiary/aromatic N) is 1. The minimum atomic E-state index is 0.339. The van der Waals surface area contributed by atoms with E-state index in [-0.39, 0.29) is 0 Å². The van der Waals surface area contributed by atoms with E-state index in [1.165, 1.54) is 38.6 Å². The van der Waals surface area contributed by atoms with Crippen LogP contribution in [-0.2, 0) is 0 Å². The van der Waals surface area contributed by atoms with E-state index < -0.39 is 0 Å². The average Bonchev–Trinajstić information content (AvgIpc) is 3.11. The maximum atomic E-state index is 6.16. The van der Waals surface area contributed by atoms with Crippen LogP contribution < -0.4 is 5.73 Å². The first-order valence-corrected chi connectivity index (χ1v) is 7.11. The number of hydrogen-bond donors (Lipinski definition) is 1. The maximum absolute atomic E-state index is 6.16. The Balaban J connectivity index is 2.13. The molecule has 0 amide bonds. The quantitative estimate of drug-likeness (QED) is 0.720. The molecule has 2 aliphatic rings. The van der Waals surface area contributed by atoms with Gasteiger partial charge in [-0.3, -0.25) is 4.90 Å². The van der Waals surface area contributed by atoms with Crippen LogP contribution in [0.5, 0.6) is 0 Å². The lowest BCUT2D eigenvalue weighted by Crippen LogP contribution is -2.57.